The van der Waals surface area contributed by atoms with Crippen LogP contribution < -0.4 is 0 Å². The molecule has 40 heavy (non-hydrogen) atoms. The fourth-order valence-corrected chi connectivity index (χ4v) is 6.33. The van der Waals surface area contributed by atoms with Crippen molar-refractivity contribution in [1.29, 1.82) is 0 Å². The third-order valence-corrected chi connectivity index (χ3v) is 8.49. The number of alkyl halides is 3. The summed E-state index contributed by atoms with van der Waals surface area (Å²) in [6.07, 6.45) is -0.597. The van der Waals surface area contributed by atoms with Gasteiger partial charge in [-0.1, -0.05) is 23.4 Å². The average Bonchev–Trinajstić information content (AvgIpc) is 3.67. The standard InChI is InChI=1S/C29H28F3N3O4.ClH/c30-29(31,32)25-13-19(6-10-24(25)17-5-9-23(36)12-17)27-33-26(34-39-27)18-1-2-20-14-35(15-21(20)11-18)22-7-3-16(4-8-22)28(37)38;/h1-2,6,10-11,13,16-17,22H,3-5,7-9,12,14-15H2,(H,37,38);1H. The number of halogens is 4. The summed E-state index contributed by atoms with van der Waals surface area (Å²) in [6, 6.07) is 10.3. The molecule has 2 fully saturated rings. The Hall–Kier alpha value is -3.24. The van der Waals surface area contributed by atoms with Crippen molar-refractivity contribution in [3.8, 4) is 22.8 Å². The van der Waals surface area contributed by atoms with Crippen molar-refractivity contribution in [1.82, 2.24) is 15.0 Å². The molecule has 212 valence electrons. The largest absolute Gasteiger partial charge is 0.481 e. The fourth-order valence-electron chi connectivity index (χ4n) is 6.33. The first-order valence-electron chi connectivity index (χ1n) is 13.3. The van der Waals surface area contributed by atoms with Crippen LogP contribution in [-0.2, 0) is 28.9 Å². The highest BCUT2D eigenvalue weighted by atomic mass is 35.5. The SMILES string of the molecule is Cl.O=C1CCC(c2ccc(-c3nc(-c4ccc5c(c4)CN(C4CCC(C(=O)O)CC4)C5)no3)cc2C(F)(F)F)C1. The first-order valence-corrected chi connectivity index (χ1v) is 13.3. The monoisotopic (exact) mass is 575 g/mol. The van der Waals surface area contributed by atoms with Gasteiger partial charge in [-0.25, -0.2) is 0 Å². The number of hydrogen-bond acceptors (Lipinski definition) is 6. The van der Waals surface area contributed by atoms with Crippen molar-refractivity contribution < 1.29 is 32.4 Å². The Bertz CT molecular complexity index is 1430. The molecule has 2 heterocycles. The predicted octanol–water partition coefficient (Wildman–Crippen LogP) is 6.64. The average molecular weight is 576 g/mol. The van der Waals surface area contributed by atoms with Crippen LogP contribution in [0, 0.1) is 5.92 Å². The normalized spacial score (nSPS) is 23.2. The van der Waals surface area contributed by atoms with Gasteiger partial charge in [0.2, 0.25) is 5.82 Å². The van der Waals surface area contributed by atoms with Crippen LogP contribution in [-0.4, -0.2) is 37.9 Å². The number of carbonyl (C=O) groups is 2. The highest BCUT2D eigenvalue weighted by Crippen LogP contribution is 2.42. The topological polar surface area (TPSA) is 96.5 Å². The number of aromatic nitrogens is 2. The highest BCUT2D eigenvalue weighted by molar-refractivity contribution is 5.85. The Morgan fingerprint density at radius 2 is 1.70 bits per heavy atom. The minimum atomic E-state index is -4.57. The second-order valence-corrected chi connectivity index (χ2v) is 10.9. The number of carbonyl (C=O) groups excluding carboxylic acids is 1. The zero-order valence-corrected chi connectivity index (χ0v) is 22.4. The van der Waals surface area contributed by atoms with Crippen molar-refractivity contribution in [3.05, 3.63) is 58.7 Å². The second kappa shape index (κ2) is 11.0. The van der Waals surface area contributed by atoms with Crippen molar-refractivity contribution in [3.63, 3.8) is 0 Å². The van der Waals surface area contributed by atoms with Gasteiger partial charge >= 0.3 is 12.1 Å². The maximum absolute atomic E-state index is 13.9. The van der Waals surface area contributed by atoms with Crippen molar-refractivity contribution in [2.75, 3.05) is 0 Å². The van der Waals surface area contributed by atoms with E-state index in [2.05, 4.69) is 15.0 Å². The number of carboxylic acid groups (broad SMARTS) is 1. The number of aliphatic carboxylic acids is 1. The van der Waals surface area contributed by atoms with Gasteiger partial charge in [0.05, 0.1) is 11.5 Å². The van der Waals surface area contributed by atoms with Gasteiger partial charge in [-0.3, -0.25) is 14.5 Å². The number of carboxylic acids is 1. The molecule has 2 aliphatic carbocycles. The lowest BCUT2D eigenvalue weighted by Crippen LogP contribution is -2.35. The lowest BCUT2D eigenvalue weighted by molar-refractivity contribution is -0.143. The Labute approximate surface area is 235 Å². The van der Waals surface area contributed by atoms with Crippen molar-refractivity contribution >= 4 is 24.2 Å². The van der Waals surface area contributed by atoms with Crippen LogP contribution in [0.1, 0.15) is 73.1 Å². The van der Waals surface area contributed by atoms with Gasteiger partial charge in [0.15, 0.2) is 0 Å². The number of nitrogens with zero attached hydrogens (tertiary/aromatic N) is 3. The molecule has 0 amide bonds. The molecule has 1 N–H and O–H groups in total. The number of Topliss-reactive ketones (excluding diaryl/α,β-unsaturated/α-hetero) is 1. The Morgan fingerprint density at radius 1 is 0.975 bits per heavy atom. The molecule has 3 aliphatic rings. The molecule has 1 unspecified atom stereocenters. The van der Waals surface area contributed by atoms with E-state index in [9.17, 15) is 27.9 Å². The van der Waals surface area contributed by atoms with E-state index in [1.165, 1.54) is 11.6 Å². The third-order valence-electron chi connectivity index (χ3n) is 8.49. The Kier molecular flexibility index (Phi) is 7.76. The highest BCUT2D eigenvalue weighted by Gasteiger charge is 2.38. The molecule has 6 rings (SSSR count). The molecule has 0 saturated heterocycles. The van der Waals surface area contributed by atoms with E-state index in [1.54, 1.807) is 6.07 Å². The summed E-state index contributed by atoms with van der Waals surface area (Å²) >= 11 is 0. The van der Waals surface area contributed by atoms with Gasteiger partial charge in [-0.2, -0.15) is 18.2 Å². The smallest absolute Gasteiger partial charge is 0.416 e. The van der Waals surface area contributed by atoms with Crippen LogP contribution in [0.25, 0.3) is 22.8 Å². The number of hydrogen-bond donors (Lipinski definition) is 1. The molecule has 0 bridgehead atoms. The summed E-state index contributed by atoms with van der Waals surface area (Å²) in [5.74, 6) is -1.10. The molecule has 1 atom stereocenters. The van der Waals surface area contributed by atoms with Gasteiger partial charge in [0.1, 0.15) is 5.78 Å². The third kappa shape index (κ3) is 5.51. The molecule has 1 aromatic heterocycles. The molecule has 11 heteroatoms. The van der Waals surface area contributed by atoms with E-state index < -0.39 is 23.6 Å². The van der Waals surface area contributed by atoms with Gasteiger partial charge in [-0.15, -0.1) is 12.4 Å². The molecule has 1 aliphatic heterocycles. The first kappa shape index (κ1) is 28.3. The Morgan fingerprint density at radius 3 is 2.38 bits per heavy atom. The van der Waals surface area contributed by atoms with Crippen LogP contribution in [0.3, 0.4) is 0 Å². The van der Waals surface area contributed by atoms with Crippen molar-refractivity contribution in [2.24, 2.45) is 5.92 Å². The second-order valence-electron chi connectivity index (χ2n) is 10.9. The Balaban J connectivity index is 0.00000323. The van der Waals surface area contributed by atoms with E-state index in [4.69, 9.17) is 4.52 Å². The minimum absolute atomic E-state index is 0. The van der Waals surface area contributed by atoms with Crippen LogP contribution in [0.4, 0.5) is 13.2 Å². The summed E-state index contributed by atoms with van der Waals surface area (Å²) in [5, 5.41) is 13.3. The molecule has 7 nitrogen and oxygen atoms in total. The number of rotatable bonds is 5. The molecule has 0 radical (unpaired) electrons. The zero-order chi connectivity index (χ0) is 27.3. The maximum Gasteiger partial charge on any atom is 0.416 e. The quantitative estimate of drug-likeness (QED) is 0.364. The summed E-state index contributed by atoms with van der Waals surface area (Å²) in [5.41, 5.74) is 2.59. The number of fused-ring (bicyclic) bond motifs is 1. The van der Waals surface area contributed by atoms with E-state index >= 15 is 0 Å². The molecule has 2 aromatic carbocycles. The number of ketones is 1. The van der Waals surface area contributed by atoms with Gasteiger partial charge in [0, 0.05) is 43.1 Å². The minimum Gasteiger partial charge on any atom is -0.481 e. The zero-order valence-electron chi connectivity index (χ0n) is 21.6. The molecule has 2 saturated carbocycles. The summed E-state index contributed by atoms with van der Waals surface area (Å²) in [6.45, 7) is 1.55. The van der Waals surface area contributed by atoms with Gasteiger partial charge < -0.3 is 9.63 Å². The van der Waals surface area contributed by atoms with Crippen LogP contribution in [0.15, 0.2) is 40.9 Å². The maximum atomic E-state index is 13.9. The van der Waals surface area contributed by atoms with E-state index in [0.717, 1.165) is 43.1 Å². The fraction of sp³-hybridized carbons (Fsp3) is 0.448. The molecule has 0 spiro atoms. The molecular weight excluding hydrogens is 547 g/mol. The lowest BCUT2D eigenvalue weighted by Gasteiger charge is -2.33. The predicted molar refractivity (Wildman–Crippen MR) is 142 cm³/mol. The van der Waals surface area contributed by atoms with E-state index in [0.29, 0.717) is 37.5 Å². The van der Waals surface area contributed by atoms with E-state index in [1.807, 2.05) is 18.2 Å². The molecule has 3 aromatic rings. The first-order chi connectivity index (χ1) is 18.7. The summed E-state index contributed by atoms with van der Waals surface area (Å²) in [4.78, 5) is 29.7. The number of benzene rings is 2. The lowest BCUT2D eigenvalue weighted by atomic mass is 9.85. The molecular formula is C29H29ClF3N3O4. The van der Waals surface area contributed by atoms with Gasteiger partial charge in [-0.05, 0) is 72.9 Å². The van der Waals surface area contributed by atoms with E-state index in [-0.39, 0.29) is 47.5 Å². The van der Waals surface area contributed by atoms with Crippen LogP contribution >= 0.6 is 12.4 Å². The van der Waals surface area contributed by atoms with Crippen LogP contribution in [0.2, 0.25) is 0 Å². The summed E-state index contributed by atoms with van der Waals surface area (Å²) in [7, 11) is 0. The van der Waals surface area contributed by atoms with Crippen LogP contribution in [0.5, 0.6) is 0 Å². The van der Waals surface area contributed by atoms with Gasteiger partial charge in [0.25, 0.3) is 5.89 Å². The summed E-state index contributed by atoms with van der Waals surface area (Å²) < 4.78 is 47.2. The van der Waals surface area contributed by atoms with Crippen molar-refractivity contribution in [2.45, 2.75) is 76.2 Å².